The first-order chi connectivity index (χ1) is 17.9. The van der Waals surface area contributed by atoms with Crippen molar-refractivity contribution in [1.82, 2.24) is 15.1 Å². The van der Waals surface area contributed by atoms with Crippen molar-refractivity contribution in [3.63, 3.8) is 0 Å². The van der Waals surface area contributed by atoms with Crippen molar-refractivity contribution in [2.75, 3.05) is 37.7 Å². The Morgan fingerprint density at radius 2 is 1.66 bits per heavy atom. The molecule has 1 aliphatic heterocycles. The summed E-state index contributed by atoms with van der Waals surface area (Å²) in [5, 5.41) is 14.9. The SMILES string of the molecule is N#Cc1ccc(OC2CCC(OCC(S)N3CCN(c4nnc(C(F)(F)F)s4)CC3)CC2)cc1C(F)(F)F. The van der Waals surface area contributed by atoms with E-state index in [4.69, 9.17) is 14.7 Å². The summed E-state index contributed by atoms with van der Waals surface area (Å²) in [6.45, 7) is 2.53. The van der Waals surface area contributed by atoms with Crippen molar-refractivity contribution in [1.29, 1.82) is 5.26 Å². The highest BCUT2D eigenvalue weighted by Crippen LogP contribution is 2.36. The van der Waals surface area contributed by atoms with Gasteiger partial charge in [0.15, 0.2) is 0 Å². The Morgan fingerprint density at radius 3 is 2.24 bits per heavy atom. The summed E-state index contributed by atoms with van der Waals surface area (Å²) in [6.07, 6.45) is -6.83. The molecular formula is C23H25F6N5O2S2. The zero-order valence-corrected chi connectivity index (χ0v) is 21.7. The minimum Gasteiger partial charge on any atom is -0.490 e. The fourth-order valence-corrected chi connectivity index (χ4v) is 5.52. The summed E-state index contributed by atoms with van der Waals surface area (Å²) in [5.41, 5.74) is -1.45. The van der Waals surface area contributed by atoms with Crippen molar-refractivity contribution < 1.29 is 35.8 Å². The molecule has 2 aliphatic rings. The second-order valence-corrected chi connectivity index (χ2v) is 10.6. The van der Waals surface area contributed by atoms with Gasteiger partial charge in [0.25, 0.3) is 0 Å². The van der Waals surface area contributed by atoms with Gasteiger partial charge in [-0.25, -0.2) is 0 Å². The highest BCUT2D eigenvalue weighted by Gasteiger charge is 2.37. The molecule has 0 N–H and O–H groups in total. The van der Waals surface area contributed by atoms with Gasteiger partial charge in [-0.3, -0.25) is 4.90 Å². The number of rotatable bonds is 7. The molecule has 38 heavy (non-hydrogen) atoms. The summed E-state index contributed by atoms with van der Waals surface area (Å²) in [5.74, 6) is 0.0819. The van der Waals surface area contributed by atoms with Gasteiger partial charge in [0.05, 0.1) is 41.4 Å². The lowest BCUT2D eigenvalue weighted by molar-refractivity contribution is -0.138. The van der Waals surface area contributed by atoms with E-state index in [1.54, 1.807) is 11.0 Å². The van der Waals surface area contributed by atoms with Crippen LogP contribution in [0.3, 0.4) is 0 Å². The minimum absolute atomic E-state index is 0.0281. The molecule has 2 fully saturated rings. The monoisotopic (exact) mass is 581 g/mol. The number of anilines is 1. The van der Waals surface area contributed by atoms with Crippen LogP contribution in [0.5, 0.6) is 5.75 Å². The molecule has 7 nitrogen and oxygen atoms in total. The van der Waals surface area contributed by atoms with Crippen LogP contribution in [0.4, 0.5) is 31.5 Å². The van der Waals surface area contributed by atoms with Gasteiger partial charge in [-0.05, 0) is 43.9 Å². The van der Waals surface area contributed by atoms with E-state index in [-0.39, 0.29) is 28.5 Å². The Bertz CT molecular complexity index is 1120. The van der Waals surface area contributed by atoms with Crippen molar-refractivity contribution >= 4 is 29.1 Å². The van der Waals surface area contributed by atoms with Gasteiger partial charge < -0.3 is 14.4 Å². The van der Waals surface area contributed by atoms with Crippen LogP contribution in [0, 0.1) is 11.3 Å². The van der Waals surface area contributed by atoms with Gasteiger partial charge >= 0.3 is 12.4 Å². The van der Waals surface area contributed by atoms with Crippen molar-refractivity contribution in [2.45, 2.75) is 55.6 Å². The quantitative estimate of drug-likeness (QED) is 0.355. The number of aromatic nitrogens is 2. The van der Waals surface area contributed by atoms with Gasteiger partial charge in [-0.1, -0.05) is 11.3 Å². The maximum Gasteiger partial charge on any atom is 0.445 e. The number of piperazine rings is 1. The molecule has 2 heterocycles. The zero-order chi connectivity index (χ0) is 27.5. The summed E-state index contributed by atoms with van der Waals surface area (Å²) in [7, 11) is 0. The molecule has 1 aromatic heterocycles. The second kappa shape index (κ2) is 11.8. The second-order valence-electron chi connectivity index (χ2n) is 9.06. The molecule has 1 saturated heterocycles. The summed E-state index contributed by atoms with van der Waals surface area (Å²) >= 11 is 5.17. The molecule has 4 rings (SSSR count). The van der Waals surface area contributed by atoms with E-state index in [2.05, 4.69) is 27.7 Å². The number of ether oxygens (including phenoxy) is 2. The third kappa shape index (κ3) is 7.22. The van der Waals surface area contributed by atoms with Crippen molar-refractivity contribution in [2.24, 2.45) is 0 Å². The first kappa shape index (κ1) is 28.7. The zero-order valence-electron chi connectivity index (χ0n) is 20.0. The van der Waals surface area contributed by atoms with Gasteiger partial charge in [0.2, 0.25) is 10.1 Å². The molecule has 15 heteroatoms. The molecule has 1 unspecified atom stereocenters. The van der Waals surface area contributed by atoms with E-state index in [1.807, 2.05) is 0 Å². The molecule has 2 aromatic rings. The fourth-order valence-electron chi connectivity index (χ4n) is 4.43. The Balaban J connectivity index is 1.18. The highest BCUT2D eigenvalue weighted by atomic mass is 32.1. The standard InChI is InChI=1S/C23H25F6N5O2S2/c24-22(25,26)18-11-17(2-1-14(18)12-30)36-16-5-3-15(4-6-16)35-13-19(37)33-7-9-34(10-8-33)21-32-31-20(38-21)23(27,28)29/h1-2,11,15-16,19,37H,3-10,13H2. The minimum atomic E-state index is -4.64. The Hall–Kier alpha value is -2.28. The summed E-state index contributed by atoms with van der Waals surface area (Å²) in [4.78, 5) is 3.86. The maximum atomic E-state index is 13.2. The number of nitriles is 1. The van der Waals surface area contributed by atoms with Gasteiger partial charge in [0, 0.05) is 26.2 Å². The molecule has 0 radical (unpaired) electrons. The lowest BCUT2D eigenvalue weighted by Gasteiger charge is -2.38. The highest BCUT2D eigenvalue weighted by molar-refractivity contribution is 7.80. The number of hydrogen-bond acceptors (Lipinski definition) is 9. The molecule has 1 atom stereocenters. The molecule has 0 bridgehead atoms. The fraction of sp³-hybridized carbons (Fsp3) is 0.609. The molecule has 208 valence electrons. The van der Waals surface area contributed by atoms with Crippen molar-refractivity contribution in [3.8, 4) is 11.8 Å². The van der Waals surface area contributed by atoms with Crippen LogP contribution >= 0.6 is 24.0 Å². The first-order valence-corrected chi connectivity index (χ1v) is 13.2. The van der Waals surface area contributed by atoms with Crippen LogP contribution in [-0.2, 0) is 17.1 Å². The largest absolute Gasteiger partial charge is 0.490 e. The predicted octanol–water partition coefficient (Wildman–Crippen LogP) is 5.23. The number of thiol groups is 1. The lowest BCUT2D eigenvalue weighted by atomic mass is 9.95. The summed E-state index contributed by atoms with van der Waals surface area (Å²) in [6, 6.07) is 4.92. The number of alkyl halides is 6. The lowest BCUT2D eigenvalue weighted by Crippen LogP contribution is -2.50. The molecule has 0 spiro atoms. The topological polar surface area (TPSA) is 74.5 Å². The molecular weight excluding hydrogens is 556 g/mol. The average molecular weight is 582 g/mol. The first-order valence-electron chi connectivity index (χ1n) is 11.9. The smallest absolute Gasteiger partial charge is 0.445 e. The molecule has 1 saturated carbocycles. The van der Waals surface area contributed by atoms with E-state index in [0.717, 1.165) is 12.1 Å². The van der Waals surface area contributed by atoms with Crippen LogP contribution in [0.1, 0.15) is 41.8 Å². The van der Waals surface area contributed by atoms with Crippen molar-refractivity contribution in [3.05, 3.63) is 34.3 Å². The van der Waals surface area contributed by atoms with Crippen LogP contribution in [0.2, 0.25) is 0 Å². The van der Waals surface area contributed by atoms with Gasteiger partial charge in [-0.2, -0.15) is 44.2 Å². The molecule has 1 aliphatic carbocycles. The molecule has 0 amide bonds. The number of nitrogens with zero attached hydrogens (tertiary/aromatic N) is 5. The number of hydrogen-bond donors (Lipinski definition) is 1. The van der Waals surface area contributed by atoms with Gasteiger partial charge in [-0.15, -0.1) is 10.2 Å². The number of benzene rings is 1. The van der Waals surface area contributed by atoms with E-state index in [9.17, 15) is 26.3 Å². The Morgan fingerprint density at radius 1 is 1.00 bits per heavy atom. The summed E-state index contributed by atoms with van der Waals surface area (Å²) < 4.78 is 89.7. The normalized spacial score (nSPS) is 22.2. The van der Waals surface area contributed by atoms with E-state index in [1.165, 1.54) is 6.07 Å². The average Bonchev–Trinajstić information content (AvgIpc) is 3.39. The predicted molar refractivity (Wildman–Crippen MR) is 130 cm³/mol. The van der Waals surface area contributed by atoms with Crippen LogP contribution in [0.25, 0.3) is 0 Å². The van der Waals surface area contributed by atoms with Crippen LogP contribution in [0.15, 0.2) is 18.2 Å². The van der Waals surface area contributed by atoms with E-state index < -0.39 is 28.5 Å². The van der Waals surface area contributed by atoms with Crippen LogP contribution < -0.4 is 9.64 Å². The third-order valence-electron chi connectivity index (χ3n) is 6.48. The third-order valence-corrected chi connectivity index (χ3v) is 7.99. The maximum absolute atomic E-state index is 13.2. The van der Waals surface area contributed by atoms with Crippen LogP contribution in [-0.4, -0.2) is 65.5 Å². The van der Waals surface area contributed by atoms with E-state index >= 15 is 0 Å². The number of halogens is 6. The molecule has 1 aromatic carbocycles. The van der Waals surface area contributed by atoms with Gasteiger partial charge in [0.1, 0.15) is 5.75 Å². The Kier molecular flexibility index (Phi) is 8.96. The van der Waals surface area contributed by atoms with E-state index in [0.29, 0.717) is 69.8 Å². The Labute approximate surface area is 224 Å².